The fourth-order valence-corrected chi connectivity index (χ4v) is 1.95. The van der Waals surface area contributed by atoms with Crippen LogP contribution < -0.4 is 15.0 Å². The van der Waals surface area contributed by atoms with Crippen molar-refractivity contribution in [1.82, 2.24) is 0 Å². The lowest BCUT2D eigenvalue weighted by Crippen LogP contribution is -2.12. The van der Waals surface area contributed by atoms with E-state index in [4.69, 9.17) is 4.74 Å². The first kappa shape index (κ1) is 13.3. The van der Waals surface area contributed by atoms with Gasteiger partial charge in [0.2, 0.25) is 0 Å². The quantitative estimate of drug-likeness (QED) is 0.887. The molecule has 0 saturated heterocycles. The molecule has 3 nitrogen and oxygen atoms in total. The third-order valence-electron chi connectivity index (χ3n) is 3.01. The molecule has 2 aromatic carbocycles. The number of rotatable bonds is 5. The van der Waals surface area contributed by atoms with Gasteiger partial charge in [0.1, 0.15) is 5.75 Å². The Morgan fingerprint density at radius 2 is 1.79 bits per heavy atom. The molecule has 0 aliphatic carbocycles. The van der Waals surface area contributed by atoms with Crippen LogP contribution in [0.1, 0.15) is 5.56 Å². The van der Waals surface area contributed by atoms with E-state index in [1.54, 1.807) is 7.11 Å². The summed E-state index contributed by atoms with van der Waals surface area (Å²) in [5.74, 6) is 0.869. The van der Waals surface area contributed by atoms with Crippen molar-refractivity contribution in [2.24, 2.45) is 0 Å². The number of benzene rings is 2. The Labute approximate surface area is 114 Å². The van der Waals surface area contributed by atoms with Crippen LogP contribution in [0.25, 0.3) is 0 Å². The molecule has 0 spiro atoms. The van der Waals surface area contributed by atoms with Gasteiger partial charge in [-0.2, -0.15) is 0 Å². The summed E-state index contributed by atoms with van der Waals surface area (Å²) in [6, 6.07) is 16.4. The van der Waals surface area contributed by atoms with Gasteiger partial charge in [0, 0.05) is 26.7 Å². The van der Waals surface area contributed by atoms with E-state index < -0.39 is 0 Å². The van der Waals surface area contributed by atoms with Gasteiger partial charge in [0.15, 0.2) is 0 Å². The van der Waals surface area contributed by atoms with Crippen molar-refractivity contribution in [1.29, 1.82) is 0 Å². The van der Waals surface area contributed by atoms with Crippen LogP contribution in [0.5, 0.6) is 5.75 Å². The Morgan fingerprint density at radius 1 is 1.05 bits per heavy atom. The third kappa shape index (κ3) is 3.41. The molecule has 0 saturated carbocycles. The molecule has 0 radical (unpaired) electrons. The van der Waals surface area contributed by atoms with Gasteiger partial charge in [-0.1, -0.05) is 30.3 Å². The summed E-state index contributed by atoms with van der Waals surface area (Å²) in [5.41, 5.74) is 3.49. The van der Waals surface area contributed by atoms with E-state index in [0.717, 1.165) is 23.7 Å². The van der Waals surface area contributed by atoms with Crippen molar-refractivity contribution in [2.75, 3.05) is 31.4 Å². The topological polar surface area (TPSA) is 24.5 Å². The highest BCUT2D eigenvalue weighted by Crippen LogP contribution is 2.29. The van der Waals surface area contributed by atoms with Gasteiger partial charge in [-0.25, -0.2) is 0 Å². The summed E-state index contributed by atoms with van der Waals surface area (Å²) in [7, 11) is 5.75. The highest BCUT2D eigenvalue weighted by Gasteiger charge is 2.06. The fourth-order valence-electron chi connectivity index (χ4n) is 1.95. The summed E-state index contributed by atoms with van der Waals surface area (Å²) in [4.78, 5) is 2.08. The van der Waals surface area contributed by atoms with Gasteiger partial charge < -0.3 is 15.0 Å². The van der Waals surface area contributed by atoms with Crippen LogP contribution in [-0.2, 0) is 6.54 Å². The number of anilines is 2. The van der Waals surface area contributed by atoms with Crippen LogP contribution in [0.4, 0.5) is 11.4 Å². The second-order valence-corrected chi connectivity index (χ2v) is 4.62. The van der Waals surface area contributed by atoms with Gasteiger partial charge >= 0.3 is 0 Å². The molecule has 3 heteroatoms. The van der Waals surface area contributed by atoms with Crippen LogP contribution in [-0.4, -0.2) is 21.2 Å². The van der Waals surface area contributed by atoms with E-state index >= 15 is 0 Å². The van der Waals surface area contributed by atoms with Gasteiger partial charge in [-0.15, -0.1) is 0 Å². The first-order valence-corrected chi connectivity index (χ1v) is 6.34. The number of nitrogens with zero attached hydrogens (tertiary/aromatic N) is 1. The first-order valence-electron chi connectivity index (χ1n) is 6.34. The van der Waals surface area contributed by atoms with Crippen molar-refractivity contribution >= 4 is 11.4 Å². The molecule has 19 heavy (non-hydrogen) atoms. The largest absolute Gasteiger partial charge is 0.497 e. The predicted molar refractivity (Wildman–Crippen MR) is 81.1 cm³/mol. The van der Waals surface area contributed by atoms with Crippen molar-refractivity contribution in [3.63, 3.8) is 0 Å². The van der Waals surface area contributed by atoms with Crippen molar-refractivity contribution in [3.05, 3.63) is 54.1 Å². The van der Waals surface area contributed by atoms with Gasteiger partial charge in [-0.05, 0) is 17.7 Å². The molecule has 0 fully saturated rings. The standard InChI is InChI=1S/C16H20N2O/c1-18(2)16-11-14(19-3)9-10-15(16)17-12-13-7-5-4-6-8-13/h4-11,17H,12H2,1-3H3. The second kappa shape index (κ2) is 6.14. The molecule has 100 valence electrons. The van der Waals surface area contributed by atoms with Crippen LogP contribution >= 0.6 is 0 Å². The summed E-state index contributed by atoms with van der Waals surface area (Å²) in [6.45, 7) is 0.814. The van der Waals surface area contributed by atoms with Crippen LogP contribution in [0.3, 0.4) is 0 Å². The second-order valence-electron chi connectivity index (χ2n) is 4.62. The zero-order chi connectivity index (χ0) is 13.7. The average molecular weight is 256 g/mol. The number of ether oxygens (including phenoxy) is 1. The number of nitrogens with one attached hydrogen (secondary N) is 1. The highest BCUT2D eigenvalue weighted by molar-refractivity contribution is 5.71. The molecule has 0 bridgehead atoms. The zero-order valence-electron chi connectivity index (χ0n) is 11.7. The summed E-state index contributed by atoms with van der Waals surface area (Å²) in [6.07, 6.45) is 0. The smallest absolute Gasteiger partial charge is 0.121 e. The Hall–Kier alpha value is -2.16. The van der Waals surface area contributed by atoms with E-state index in [2.05, 4.69) is 40.5 Å². The Morgan fingerprint density at radius 3 is 2.42 bits per heavy atom. The summed E-state index contributed by atoms with van der Waals surface area (Å²) < 4.78 is 5.27. The normalized spacial score (nSPS) is 10.1. The van der Waals surface area contributed by atoms with E-state index in [0.29, 0.717) is 0 Å². The van der Waals surface area contributed by atoms with Gasteiger partial charge in [-0.3, -0.25) is 0 Å². The zero-order valence-corrected chi connectivity index (χ0v) is 11.7. The van der Waals surface area contributed by atoms with E-state index in [1.165, 1.54) is 5.56 Å². The predicted octanol–water partition coefficient (Wildman–Crippen LogP) is 3.37. The molecule has 0 aromatic heterocycles. The molecule has 0 heterocycles. The van der Waals surface area contributed by atoms with Crippen LogP contribution in [0, 0.1) is 0 Å². The van der Waals surface area contributed by atoms with Crippen molar-refractivity contribution in [2.45, 2.75) is 6.54 Å². The molecule has 0 aliphatic rings. The number of methoxy groups -OCH3 is 1. The van der Waals surface area contributed by atoms with Gasteiger partial charge in [0.05, 0.1) is 18.5 Å². The lowest BCUT2D eigenvalue weighted by atomic mass is 10.2. The van der Waals surface area contributed by atoms with E-state index in [-0.39, 0.29) is 0 Å². The van der Waals surface area contributed by atoms with Crippen LogP contribution in [0.2, 0.25) is 0 Å². The molecule has 0 unspecified atom stereocenters. The monoisotopic (exact) mass is 256 g/mol. The Balaban J connectivity index is 2.15. The lowest BCUT2D eigenvalue weighted by molar-refractivity contribution is 0.415. The molecule has 2 rings (SSSR count). The molecule has 2 aromatic rings. The van der Waals surface area contributed by atoms with Crippen molar-refractivity contribution < 1.29 is 4.74 Å². The Bertz CT molecular complexity index is 524. The third-order valence-corrected chi connectivity index (χ3v) is 3.01. The minimum absolute atomic E-state index is 0.814. The summed E-state index contributed by atoms with van der Waals surface area (Å²) in [5, 5.41) is 3.46. The van der Waals surface area contributed by atoms with E-state index in [1.807, 2.05) is 32.3 Å². The number of hydrogen-bond donors (Lipinski definition) is 1. The minimum atomic E-state index is 0.814. The Kier molecular flexibility index (Phi) is 4.29. The molecular weight excluding hydrogens is 236 g/mol. The lowest BCUT2D eigenvalue weighted by Gasteiger charge is -2.19. The van der Waals surface area contributed by atoms with Crippen LogP contribution in [0.15, 0.2) is 48.5 Å². The average Bonchev–Trinajstić information content (AvgIpc) is 2.46. The molecule has 1 N–H and O–H groups in total. The van der Waals surface area contributed by atoms with Crippen molar-refractivity contribution in [3.8, 4) is 5.75 Å². The fraction of sp³-hybridized carbons (Fsp3) is 0.250. The first-order chi connectivity index (χ1) is 9.20. The molecule has 0 aliphatic heterocycles. The molecule has 0 atom stereocenters. The maximum absolute atomic E-state index is 5.27. The maximum Gasteiger partial charge on any atom is 0.121 e. The SMILES string of the molecule is COc1ccc(NCc2ccccc2)c(N(C)C)c1. The molecule has 0 amide bonds. The highest BCUT2D eigenvalue weighted by atomic mass is 16.5. The van der Waals surface area contributed by atoms with Gasteiger partial charge in [0.25, 0.3) is 0 Å². The molecular formula is C16H20N2O. The number of hydrogen-bond acceptors (Lipinski definition) is 3. The minimum Gasteiger partial charge on any atom is -0.497 e. The maximum atomic E-state index is 5.27. The van der Waals surface area contributed by atoms with E-state index in [9.17, 15) is 0 Å². The summed E-state index contributed by atoms with van der Waals surface area (Å²) >= 11 is 0.